The molecule has 0 radical (unpaired) electrons. The molecule has 1 atom stereocenters. The first-order valence-corrected chi connectivity index (χ1v) is 7.47. The number of hydrogen-bond acceptors (Lipinski definition) is 4. The summed E-state index contributed by atoms with van der Waals surface area (Å²) in [4.78, 5) is 17.8. The maximum Gasteiger partial charge on any atom is 0.253 e. The highest BCUT2D eigenvalue weighted by atomic mass is 35.5. The summed E-state index contributed by atoms with van der Waals surface area (Å²) in [6.45, 7) is 2.01. The van der Waals surface area contributed by atoms with Crippen molar-refractivity contribution in [2.45, 2.75) is 13.0 Å². The minimum Gasteiger partial charge on any atom is -0.376 e. The average molecular weight is 310 g/mol. The molecule has 1 amide bonds. The third-order valence-electron chi connectivity index (χ3n) is 2.89. The van der Waals surface area contributed by atoms with E-state index in [9.17, 15) is 4.79 Å². The smallest absolute Gasteiger partial charge is 0.253 e. The molecule has 0 aliphatic heterocycles. The van der Waals surface area contributed by atoms with Crippen molar-refractivity contribution < 1.29 is 4.79 Å². The van der Waals surface area contributed by atoms with Crippen LogP contribution in [0.15, 0.2) is 29.1 Å². The third kappa shape index (κ3) is 3.29. The molecule has 0 saturated carbocycles. The van der Waals surface area contributed by atoms with Crippen molar-refractivity contribution in [3.63, 3.8) is 0 Å². The van der Waals surface area contributed by atoms with Crippen molar-refractivity contribution >= 4 is 34.5 Å². The molecular weight excluding hydrogens is 294 g/mol. The van der Waals surface area contributed by atoms with Gasteiger partial charge in [-0.2, -0.15) is 0 Å². The van der Waals surface area contributed by atoms with Gasteiger partial charge in [-0.15, -0.1) is 11.3 Å². The molecule has 0 saturated heterocycles. The number of halogens is 1. The second-order valence-electron chi connectivity index (χ2n) is 4.67. The molecule has 2 rings (SSSR count). The second-order valence-corrected chi connectivity index (χ2v) is 5.80. The number of anilines is 1. The summed E-state index contributed by atoms with van der Waals surface area (Å²) < 4.78 is 0. The number of nitrogens with one attached hydrogen (secondary N) is 1. The zero-order chi connectivity index (χ0) is 14.7. The van der Waals surface area contributed by atoms with Gasteiger partial charge in [0.1, 0.15) is 0 Å². The van der Waals surface area contributed by atoms with Crippen LogP contribution in [0.2, 0.25) is 5.02 Å². The highest BCUT2D eigenvalue weighted by Gasteiger charge is 2.13. The minimum atomic E-state index is -0.0500. The minimum absolute atomic E-state index is 0.0310. The molecule has 1 N–H and O–H groups in total. The number of carbonyl (C=O) groups excluding carboxylic acids is 1. The van der Waals surface area contributed by atoms with E-state index in [4.69, 9.17) is 11.6 Å². The molecule has 4 nitrogen and oxygen atoms in total. The van der Waals surface area contributed by atoms with Crippen LogP contribution in [0.25, 0.3) is 0 Å². The molecule has 0 aliphatic rings. The van der Waals surface area contributed by atoms with Crippen LogP contribution in [-0.2, 0) is 0 Å². The van der Waals surface area contributed by atoms with Gasteiger partial charge in [0.2, 0.25) is 0 Å². The monoisotopic (exact) mass is 309 g/mol. The van der Waals surface area contributed by atoms with Gasteiger partial charge < -0.3 is 10.2 Å². The highest BCUT2D eigenvalue weighted by molar-refractivity contribution is 7.07. The summed E-state index contributed by atoms with van der Waals surface area (Å²) in [6.07, 6.45) is 0. The summed E-state index contributed by atoms with van der Waals surface area (Å²) in [7, 11) is 3.45. The Bertz CT molecular complexity index is 598. The normalized spacial score (nSPS) is 12.0. The van der Waals surface area contributed by atoms with Gasteiger partial charge in [0.05, 0.1) is 28.0 Å². The van der Waals surface area contributed by atoms with Gasteiger partial charge in [-0.1, -0.05) is 11.6 Å². The fourth-order valence-corrected chi connectivity index (χ4v) is 2.59. The molecular formula is C14H16ClN3OS. The number of aromatic nitrogens is 1. The molecule has 6 heteroatoms. The first-order valence-electron chi connectivity index (χ1n) is 6.15. The number of nitrogens with zero attached hydrogens (tertiary/aromatic N) is 2. The summed E-state index contributed by atoms with van der Waals surface area (Å²) in [6, 6.07) is 5.26. The van der Waals surface area contributed by atoms with Gasteiger partial charge in [-0.3, -0.25) is 4.79 Å². The first kappa shape index (κ1) is 14.8. The zero-order valence-electron chi connectivity index (χ0n) is 11.6. The van der Waals surface area contributed by atoms with E-state index < -0.39 is 0 Å². The van der Waals surface area contributed by atoms with E-state index >= 15 is 0 Å². The fraction of sp³-hybridized carbons (Fsp3) is 0.286. The van der Waals surface area contributed by atoms with Crippen LogP contribution in [0.4, 0.5) is 5.69 Å². The molecule has 0 bridgehead atoms. The predicted octanol–water partition coefficient (Wildman–Crippen LogP) is 3.67. The van der Waals surface area contributed by atoms with E-state index in [2.05, 4.69) is 10.3 Å². The van der Waals surface area contributed by atoms with Crippen molar-refractivity contribution in [3.05, 3.63) is 45.4 Å². The first-order chi connectivity index (χ1) is 9.49. The van der Waals surface area contributed by atoms with Crippen LogP contribution in [0.5, 0.6) is 0 Å². The van der Waals surface area contributed by atoms with E-state index in [-0.39, 0.29) is 11.9 Å². The van der Waals surface area contributed by atoms with Crippen molar-refractivity contribution in [2.24, 2.45) is 0 Å². The van der Waals surface area contributed by atoms with Gasteiger partial charge in [0, 0.05) is 25.0 Å². The zero-order valence-corrected chi connectivity index (χ0v) is 13.1. The fourth-order valence-electron chi connectivity index (χ4n) is 1.77. The second kappa shape index (κ2) is 6.24. The number of benzene rings is 1. The molecule has 0 spiro atoms. The maximum absolute atomic E-state index is 12.0. The highest BCUT2D eigenvalue weighted by Crippen LogP contribution is 2.27. The molecule has 1 heterocycles. The van der Waals surface area contributed by atoms with Crippen LogP contribution in [0.3, 0.4) is 0 Å². The Labute approximate surface area is 127 Å². The Morgan fingerprint density at radius 2 is 2.20 bits per heavy atom. The Morgan fingerprint density at radius 3 is 2.80 bits per heavy atom. The number of hydrogen-bond donors (Lipinski definition) is 1. The van der Waals surface area contributed by atoms with Gasteiger partial charge in [0.25, 0.3) is 5.91 Å². The van der Waals surface area contributed by atoms with Crippen LogP contribution in [-0.4, -0.2) is 29.9 Å². The van der Waals surface area contributed by atoms with Crippen LogP contribution in [0.1, 0.15) is 29.0 Å². The van der Waals surface area contributed by atoms with Crippen molar-refractivity contribution in [1.29, 1.82) is 0 Å². The summed E-state index contributed by atoms with van der Waals surface area (Å²) >= 11 is 7.73. The van der Waals surface area contributed by atoms with Crippen molar-refractivity contribution in [2.75, 3.05) is 19.4 Å². The summed E-state index contributed by atoms with van der Waals surface area (Å²) in [5, 5.41) is 5.86. The SMILES string of the molecule is CC(Nc1cc(C(=O)N(C)C)ccc1Cl)c1cscn1. The lowest BCUT2D eigenvalue weighted by Crippen LogP contribution is -2.21. The Balaban J connectivity index is 2.23. The van der Waals surface area contributed by atoms with Gasteiger partial charge in [0.15, 0.2) is 0 Å². The van der Waals surface area contributed by atoms with Crippen LogP contribution >= 0.6 is 22.9 Å². The van der Waals surface area contributed by atoms with Gasteiger partial charge in [-0.25, -0.2) is 4.98 Å². The molecule has 1 unspecified atom stereocenters. The molecule has 0 aliphatic carbocycles. The maximum atomic E-state index is 12.0. The molecule has 0 fully saturated rings. The average Bonchev–Trinajstić information content (AvgIpc) is 2.94. The van der Waals surface area contributed by atoms with Crippen molar-refractivity contribution in [1.82, 2.24) is 9.88 Å². The topological polar surface area (TPSA) is 45.2 Å². The van der Waals surface area contributed by atoms with Crippen LogP contribution in [0, 0.1) is 0 Å². The molecule has 2 aromatic rings. The lowest BCUT2D eigenvalue weighted by atomic mass is 10.1. The molecule has 1 aromatic carbocycles. The molecule has 1 aromatic heterocycles. The number of amides is 1. The van der Waals surface area contributed by atoms with E-state index in [1.165, 1.54) is 4.90 Å². The Morgan fingerprint density at radius 1 is 1.45 bits per heavy atom. The van der Waals surface area contributed by atoms with Crippen molar-refractivity contribution in [3.8, 4) is 0 Å². The predicted molar refractivity (Wildman–Crippen MR) is 83.6 cm³/mol. The number of carbonyl (C=O) groups is 1. The molecule has 106 valence electrons. The number of thiazole rings is 1. The Kier molecular flexibility index (Phi) is 4.62. The summed E-state index contributed by atoms with van der Waals surface area (Å²) in [5.74, 6) is -0.0500. The molecule has 20 heavy (non-hydrogen) atoms. The number of rotatable bonds is 4. The van der Waals surface area contributed by atoms with E-state index in [1.54, 1.807) is 49.1 Å². The van der Waals surface area contributed by atoms with Crippen LogP contribution < -0.4 is 5.32 Å². The lowest BCUT2D eigenvalue weighted by molar-refractivity contribution is 0.0827. The largest absolute Gasteiger partial charge is 0.376 e. The lowest BCUT2D eigenvalue weighted by Gasteiger charge is -2.16. The standard InChI is InChI=1S/C14H16ClN3OS/c1-9(13-7-20-8-16-13)17-12-6-10(4-5-11(12)15)14(19)18(2)3/h4-9,17H,1-3H3. The third-order valence-corrected chi connectivity index (χ3v) is 3.82. The van der Waals surface area contributed by atoms with Gasteiger partial charge in [-0.05, 0) is 25.1 Å². The van der Waals surface area contributed by atoms with Gasteiger partial charge >= 0.3 is 0 Å². The summed E-state index contributed by atoms with van der Waals surface area (Å²) in [5.41, 5.74) is 4.09. The van der Waals surface area contributed by atoms with E-state index in [0.717, 1.165) is 11.4 Å². The Hall–Kier alpha value is -1.59. The quantitative estimate of drug-likeness (QED) is 0.937. The van der Waals surface area contributed by atoms with E-state index in [0.29, 0.717) is 10.6 Å². The van der Waals surface area contributed by atoms with E-state index in [1.807, 2.05) is 12.3 Å².